The third kappa shape index (κ3) is 2.95. The Bertz CT molecular complexity index is 1030. The normalized spacial score (nSPS) is 11.7. The first-order valence-electron chi connectivity index (χ1n) is 9.16. The van der Waals surface area contributed by atoms with E-state index in [1.807, 2.05) is 12.1 Å². The number of nitrogens with one attached hydrogen (secondary N) is 1. The molecule has 4 rings (SSSR count). The molecule has 0 bridgehead atoms. The van der Waals surface area contributed by atoms with Crippen LogP contribution in [0.4, 0.5) is 0 Å². The molecule has 0 spiro atoms. The number of H-pyrrole nitrogens is 1. The maximum Gasteiger partial charge on any atom is 0.368 e. The molecule has 26 heavy (non-hydrogen) atoms. The van der Waals surface area contributed by atoms with Crippen molar-refractivity contribution < 1.29 is 14.5 Å². The molecule has 0 atom stereocenters. The SMILES string of the molecule is COc1ccc(-c2c[n+]3c4ccccc4[nH]c3n2CC[NH2+]C(C)C)cc1. The molecule has 2 aromatic carbocycles. The van der Waals surface area contributed by atoms with Crippen LogP contribution in [0.15, 0.2) is 54.7 Å². The van der Waals surface area contributed by atoms with Crippen molar-refractivity contribution in [3.8, 4) is 17.0 Å². The fraction of sp³-hybridized carbons (Fsp3) is 0.286. The van der Waals surface area contributed by atoms with Crippen molar-refractivity contribution in [1.82, 2.24) is 9.55 Å². The molecular weight excluding hydrogens is 324 g/mol. The highest BCUT2D eigenvalue weighted by atomic mass is 16.5. The molecule has 0 radical (unpaired) electrons. The minimum Gasteiger partial charge on any atom is -0.497 e. The molecule has 0 saturated carbocycles. The van der Waals surface area contributed by atoms with E-state index < -0.39 is 0 Å². The standard InChI is InChI=1S/C21H24N4O/c1-15(2)22-12-13-24-20(16-8-10-17(26-3)11-9-16)14-25-19-7-5-4-6-18(19)23-21(24)25/h4-11,14-15,22H,12-13H2,1-3H3/p+2. The zero-order valence-corrected chi connectivity index (χ0v) is 15.6. The third-order valence-electron chi connectivity index (χ3n) is 4.81. The van der Waals surface area contributed by atoms with Gasteiger partial charge in [-0.1, -0.05) is 12.1 Å². The van der Waals surface area contributed by atoms with Crippen LogP contribution in [0.3, 0.4) is 0 Å². The maximum absolute atomic E-state index is 5.30. The molecule has 0 unspecified atom stereocenters. The number of aromatic nitrogens is 3. The molecule has 4 aromatic rings. The summed E-state index contributed by atoms with van der Waals surface area (Å²) < 4.78 is 9.93. The number of aromatic amines is 1. The van der Waals surface area contributed by atoms with Gasteiger partial charge in [0, 0.05) is 5.56 Å². The van der Waals surface area contributed by atoms with Crippen molar-refractivity contribution >= 4 is 16.8 Å². The van der Waals surface area contributed by atoms with Crippen molar-refractivity contribution in [2.45, 2.75) is 26.4 Å². The lowest BCUT2D eigenvalue weighted by atomic mass is 10.1. The van der Waals surface area contributed by atoms with Gasteiger partial charge in [0.05, 0.1) is 13.2 Å². The molecule has 0 amide bonds. The summed E-state index contributed by atoms with van der Waals surface area (Å²) in [7, 11) is 1.70. The molecule has 5 heteroatoms. The Morgan fingerprint density at radius 1 is 1.12 bits per heavy atom. The van der Waals surface area contributed by atoms with E-state index in [1.165, 1.54) is 16.8 Å². The second kappa shape index (κ2) is 6.84. The summed E-state index contributed by atoms with van der Waals surface area (Å²) in [6.07, 6.45) is 2.23. The number of fused-ring (bicyclic) bond motifs is 3. The van der Waals surface area contributed by atoms with E-state index in [4.69, 9.17) is 4.74 Å². The Morgan fingerprint density at radius 2 is 1.88 bits per heavy atom. The van der Waals surface area contributed by atoms with E-state index in [2.05, 4.69) is 75.7 Å². The number of benzene rings is 2. The first-order chi connectivity index (χ1) is 12.7. The van der Waals surface area contributed by atoms with Crippen molar-refractivity contribution in [2.24, 2.45) is 0 Å². The number of methoxy groups -OCH3 is 1. The quantitative estimate of drug-likeness (QED) is 0.515. The number of hydrogen-bond donors (Lipinski definition) is 2. The van der Waals surface area contributed by atoms with Crippen LogP contribution < -0.4 is 14.5 Å². The summed E-state index contributed by atoms with van der Waals surface area (Å²) in [6.45, 7) is 6.45. The summed E-state index contributed by atoms with van der Waals surface area (Å²) in [4.78, 5) is 3.58. The van der Waals surface area contributed by atoms with Gasteiger partial charge in [-0.2, -0.15) is 4.40 Å². The molecule has 0 aliphatic heterocycles. The zero-order chi connectivity index (χ0) is 18.1. The van der Waals surface area contributed by atoms with Crippen molar-refractivity contribution in [3.63, 3.8) is 0 Å². The van der Waals surface area contributed by atoms with Crippen LogP contribution in [0, 0.1) is 0 Å². The van der Waals surface area contributed by atoms with Crippen LogP contribution in [-0.4, -0.2) is 29.2 Å². The van der Waals surface area contributed by atoms with Crippen LogP contribution in [-0.2, 0) is 6.54 Å². The van der Waals surface area contributed by atoms with Gasteiger partial charge in [-0.3, -0.25) is 0 Å². The summed E-state index contributed by atoms with van der Waals surface area (Å²) in [5.41, 5.74) is 4.76. The summed E-state index contributed by atoms with van der Waals surface area (Å²) in [5, 5.41) is 2.37. The van der Waals surface area contributed by atoms with Crippen LogP contribution in [0.25, 0.3) is 28.1 Å². The van der Waals surface area contributed by atoms with Gasteiger partial charge in [0.25, 0.3) is 0 Å². The van der Waals surface area contributed by atoms with E-state index in [1.54, 1.807) is 7.11 Å². The van der Waals surface area contributed by atoms with E-state index >= 15 is 0 Å². The highest BCUT2D eigenvalue weighted by molar-refractivity contribution is 5.74. The van der Waals surface area contributed by atoms with Gasteiger partial charge in [-0.25, -0.2) is 9.55 Å². The number of imidazole rings is 2. The highest BCUT2D eigenvalue weighted by Crippen LogP contribution is 2.24. The first kappa shape index (κ1) is 16.7. The molecule has 2 heterocycles. The number of rotatable bonds is 6. The predicted octanol–water partition coefficient (Wildman–Crippen LogP) is 2.36. The predicted molar refractivity (Wildman–Crippen MR) is 103 cm³/mol. The minimum absolute atomic E-state index is 0.598. The van der Waals surface area contributed by atoms with Gasteiger partial charge < -0.3 is 10.1 Å². The Hall–Kier alpha value is -2.79. The molecule has 5 nitrogen and oxygen atoms in total. The highest BCUT2D eigenvalue weighted by Gasteiger charge is 2.22. The lowest BCUT2D eigenvalue weighted by Gasteiger charge is -2.06. The monoisotopic (exact) mass is 350 g/mol. The zero-order valence-electron chi connectivity index (χ0n) is 15.6. The second-order valence-corrected chi connectivity index (χ2v) is 7.00. The molecule has 0 aliphatic carbocycles. The number of nitrogens with two attached hydrogens (primary N) is 1. The van der Waals surface area contributed by atoms with Gasteiger partial charge in [0.2, 0.25) is 0 Å². The van der Waals surface area contributed by atoms with Crippen LogP contribution in [0.1, 0.15) is 13.8 Å². The number of quaternary nitrogens is 1. The molecule has 0 aliphatic rings. The summed E-state index contributed by atoms with van der Waals surface area (Å²) in [6, 6.07) is 17.3. The topological polar surface area (TPSA) is 50.7 Å². The molecule has 2 aromatic heterocycles. The molecule has 0 fully saturated rings. The molecule has 0 saturated heterocycles. The smallest absolute Gasteiger partial charge is 0.368 e. The number of ether oxygens (including phenoxy) is 1. The Kier molecular flexibility index (Phi) is 4.39. The largest absolute Gasteiger partial charge is 0.497 e. The fourth-order valence-electron chi connectivity index (χ4n) is 3.47. The minimum atomic E-state index is 0.598. The Labute approximate surface area is 153 Å². The fourth-order valence-corrected chi connectivity index (χ4v) is 3.47. The van der Waals surface area contributed by atoms with Crippen LogP contribution >= 0.6 is 0 Å². The number of nitrogens with zero attached hydrogens (tertiary/aromatic N) is 2. The van der Waals surface area contributed by atoms with E-state index in [-0.39, 0.29) is 0 Å². The lowest BCUT2D eigenvalue weighted by molar-refractivity contribution is -0.683. The van der Waals surface area contributed by atoms with Crippen molar-refractivity contribution in [2.75, 3.05) is 13.7 Å². The van der Waals surface area contributed by atoms with Crippen molar-refractivity contribution in [1.29, 1.82) is 0 Å². The van der Waals surface area contributed by atoms with Gasteiger partial charge in [0.1, 0.15) is 41.8 Å². The summed E-state index contributed by atoms with van der Waals surface area (Å²) in [5.74, 6) is 2.00. The van der Waals surface area contributed by atoms with Gasteiger partial charge in [0.15, 0.2) is 0 Å². The molecule has 3 N–H and O–H groups in total. The van der Waals surface area contributed by atoms with E-state index in [0.717, 1.165) is 30.1 Å². The van der Waals surface area contributed by atoms with Gasteiger partial charge in [-0.05, 0) is 50.2 Å². The second-order valence-electron chi connectivity index (χ2n) is 7.00. The van der Waals surface area contributed by atoms with E-state index in [9.17, 15) is 0 Å². The van der Waals surface area contributed by atoms with E-state index in [0.29, 0.717) is 6.04 Å². The maximum atomic E-state index is 5.30. The molecular formula is C21H26N4O+2. The van der Waals surface area contributed by atoms with Gasteiger partial charge in [-0.15, -0.1) is 0 Å². The van der Waals surface area contributed by atoms with Gasteiger partial charge >= 0.3 is 5.78 Å². The lowest BCUT2D eigenvalue weighted by Crippen LogP contribution is -2.89. The van der Waals surface area contributed by atoms with Crippen LogP contribution in [0.5, 0.6) is 5.75 Å². The summed E-state index contributed by atoms with van der Waals surface area (Å²) >= 11 is 0. The number of para-hydroxylation sites is 2. The molecule has 134 valence electrons. The van der Waals surface area contributed by atoms with Crippen molar-refractivity contribution in [3.05, 3.63) is 54.7 Å². The average molecular weight is 350 g/mol. The number of hydrogen-bond acceptors (Lipinski definition) is 1. The first-order valence-corrected chi connectivity index (χ1v) is 9.16. The average Bonchev–Trinajstić information content (AvgIpc) is 3.18. The Balaban J connectivity index is 1.83. The third-order valence-corrected chi connectivity index (χ3v) is 4.81. The van der Waals surface area contributed by atoms with Crippen LogP contribution in [0.2, 0.25) is 0 Å². The Morgan fingerprint density at radius 3 is 2.62 bits per heavy atom.